The summed E-state index contributed by atoms with van der Waals surface area (Å²) in [6.45, 7) is 10.1. The van der Waals surface area contributed by atoms with Gasteiger partial charge in [0, 0.05) is 47.9 Å². The summed E-state index contributed by atoms with van der Waals surface area (Å²) in [5.74, 6) is 1.86. The molecule has 0 aliphatic carbocycles. The number of hydrogen-bond donors (Lipinski definition) is 1. The topological polar surface area (TPSA) is 79.2 Å². The smallest absolute Gasteiger partial charge is 0.244 e. The van der Waals surface area contributed by atoms with Crippen molar-refractivity contribution in [2.75, 3.05) is 40.6 Å². The fourth-order valence-corrected chi connectivity index (χ4v) is 4.02. The highest BCUT2D eigenvalue weighted by atomic mass is 16.5. The van der Waals surface area contributed by atoms with Crippen LogP contribution in [0.25, 0.3) is 27.7 Å². The first-order chi connectivity index (χ1) is 16.9. The third kappa shape index (κ3) is 5.98. The number of furan rings is 1. The minimum atomic E-state index is -0.147. The van der Waals surface area contributed by atoms with E-state index < -0.39 is 0 Å². The monoisotopic (exact) mass is 481 g/mol. The van der Waals surface area contributed by atoms with Gasteiger partial charge in [0.15, 0.2) is 11.5 Å². The first kappa shape index (κ1) is 26.2. The van der Waals surface area contributed by atoms with Crippen LogP contribution in [0, 0.1) is 6.92 Å². The number of rotatable bonds is 12. The third-order valence-corrected chi connectivity index (χ3v) is 5.77. The van der Waals surface area contributed by atoms with E-state index in [-0.39, 0.29) is 5.91 Å². The van der Waals surface area contributed by atoms with E-state index in [1.165, 1.54) is 0 Å². The normalized spacial score (nSPS) is 11.5. The van der Waals surface area contributed by atoms with Gasteiger partial charge in [-0.15, -0.1) is 0 Å². The highest BCUT2D eigenvalue weighted by molar-refractivity contribution is 6.01. The molecule has 1 N–H and O–H groups in total. The van der Waals surface area contributed by atoms with Gasteiger partial charge in [0.2, 0.25) is 5.91 Å². The Balaban J connectivity index is 2.01. The van der Waals surface area contributed by atoms with Crippen LogP contribution in [-0.4, -0.2) is 46.5 Å². The van der Waals surface area contributed by atoms with Crippen LogP contribution in [0.3, 0.4) is 0 Å². The lowest BCUT2D eigenvalue weighted by Gasteiger charge is -2.15. The molecule has 0 aliphatic rings. The molecule has 0 aliphatic heterocycles. The molecule has 0 atom stereocenters. The highest BCUT2D eigenvalue weighted by Gasteiger charge is 2.20. The van der Waals surface area contributed by atoms with Crippen molar-refractivity contribution in [2.45, 2.75) is 34.1 Å². The first-order valence-electron chi connectivity index (χ1n) is 11.9. The van der Waals surface area contributed by atoms with E-state index in [0.29, 0.717) is 43.6 Å². The van der Waals surface area contributed by atoms with Crippen LogP contribution in [0.5, 0.6) is 17.2 Å². The number of methoxy groups -OCH3 is 2. The maximum atomic E-state index is 12.5. The second kappa shape index (κ2) is 12.3. The van der Waals surface area contributed by atoms with Crippen LogP contribution in [0.15, 0.2) is 41.0 Å². The van der Waals surface area contributed by atoms with Gasteiger partial charge in [0.05, 0.1) is 27.1 Å². The molecule has 0 fully saturated rings. The number of benzene rings is 2. The van der Waals surface area contributed by atoms with Gasteiger partial charge in [-0.25, -0.2) is 0 Å². The maximum Gasteiger partial charge on any atom is 0.244 e. The molecular weight excluding hydrogens is 446 g/mol. The summed E-state index contributed by atoms with van der Waals surface area (Å²) < 4.78 is 28.2. The molecule has 0 unspecified atom stereocenters. The number of allylic oxidation sites excluding steroid dienone is 1. The lowest BCUT2D eigenvalue weighted by atomic mass is 9.96. The van der Waals surface area contributed by atoms with Crippen molar-refractivity contribution in [1.82, 2.24) is 5.32 Å². The van der Waals surface area contributed by atoms with E-state index in [9.17, 15) is 4.79 Å². The summed E-state index contributed by atoms with van der Waals surface area (Å²) in [5.41, 5.74) is 5.14. The van der Waals surface area contributed by atoms with Crippen molar-refractivity contribution in [1.29, 1.82) is 0 Å². The van der Waals surface area contributed by atoms with E-state index >= 15 is 0 Å². The Morgan fingerprint density at radius 3 is 2.54 bits per heavy atom. The highest BCUT2D eigenvalue weighted by Crippen LogP contribution is 2.42. The number of amides is 1. The van der Waals surface area contributed by atoms with Crippen molar-refractivity contribution in [3.8, 4) is 28.4 Å². The molecule has 188 valence electrons. The molecule has 0 saturated carbocycles. The van der Waals surface area contributed by atoms with E-state index in [1.807, 2.05) is 52.0 Å². The second-order valence-corrected chi connectivity index (χ2v) is 8.08. The SMILES string of the molecule is CCOCCCNC(=O)/C=C(\C)c1cc2c(-c3ccc(OC)c(OC)c3)coc2c(C)c1OCC. The van der Waals surface area contributed by atoms with Gasteiger partial charge in [-0.05, 0) is 63.5 Å². The predicted molar refractivity (Wildman–Crippen MR) is 138 cm³/mol. The third-order valence-electron chi connectivity index (χ3n) is 5.77. The molecule has 0 radical (unpaired) electrons. The molecule has 1 amide bonds. The van der Waals surface area contributed by atoms with Crippen molar-refractivity contribution < 1.29 is 28.2 Å². The number of hydrogen-bond acceptors (Lipinski definition) is 6. The number of carbonyl (C=O) groups is 1. The minimum absolute atomic E-state index is 0.147. The van der Waals surface area contributed by atoms with Crippen LogP contribution in [0.4, 0.5) is 0 Å². The Morgan fingerprint density at radius 2 is 1.86 bits per heavy atom. The zero-order valence-corrected chi connectivity index (χ0v) is 21.4. The van der Waals surface area contributed by atoms with Gasteiger partial charge in [0.1, 0.15) is 11.3 Å². The molecule has 2 aromatic carbocycles. The van der Waals surface area contributed by atoms with Gasteiger partial charge in [-0.2, -0.15) is 0 Å². The van der Waals surface area contributed by atoms with Crippen molar-refractivity contribution in [3.63, 3.8) is 0 Å². The van der Waals surface area contributed by atoms with E-state index in [2.05, 4.69) is 5.32 Å². The summed E-state index contributed by atoms with van der Waals surface area (Å²) in [5, 5.41) is 3.85. The summed E-state index contributed by atoms with van der Waals surface area (Å²) >= 11 is 0. The molecule has 0 bridgehead atoms. The van der Waals surface area contributed by atoms with Crippen LogP contribution in [0.2, 0.25) is 0 Å². The van der Waals surface area contributed by atoms with Gasteiger partial charge in [-0.1, -0.05) is 6.07 Å². The standard InChI is InChI=1S/C28H35NO6/c1-7-33-13-9-12-29-26(30)14-18(3)21-16-22-23(17-35-28(22)19(4)27(21)34-8-2)20-10-11-24(31-5)25(15-20)32-6/h10-11,14-17H,7-9,12-13H2,1-6H3,(H,29,30)/b18-14+. The van der Waals surface area contributed by atoms with Crippen LogP contribution < -0.4 is 19.5 Å². The predicted octanol–water partition coefficient (Wildman–Crippen LogP) is 5.77. The fourth-order valence-electron chi connectivity index (χ4n) is 4.02. The van der Waals surface area contributed by atoms with Crippen LogP contribution in [0.1, 0.15) is 38.3 Å². The molecule has 1 heterocycles. The number of fused-ring (bicyclic) bond motifs is 1. The van der Waals surface area contributed by atoms with Gasteiger partial charge < -0.3 is 28.7 Å². The molecule has 1 aromatic heterocycles. The number of carbonyl (C=O) groups excluding carboxylic acids is 1. The molecule has 3 aromatic rings. The summed E-state index contributed by atoms with van der Waals surface area (Å²) in [6, 6.07) is 7.79. The first-order valence-corrected chi connectivity index (χ1v) is 11.9. The Labute approximate surface area is 207 Å². The molecule has 0 saturated heterocycles. The van der Waals surface area contributed by atoms with Crippen molar-refractivity contribution in [2.24, 2.45) is 0 Å². The fraction of sp³-hybridized carbons (Fsp3) is 0.393. The second-order valence-electron chi connectivity index (χ2n) is 8.08. The molecule has 35 heavy (non-hydrogen) atoms. The number of nitrogens with one attached hydrogen (secondary N) is 1. The largest absolute Gasteiger partial charge is 0.493 e. The summed E-state index contributed by atoms with van der Waals surface area (Å²) in [7, 11) is 3.22. The Hall–Kier alpha value is -3.45. The van der Waals surface area contributed by atoms with E-state index in [1.54, 1.807) is 26.6 Å². The lowest BCUT2D eigenvalue weighted by Crippen LogP contribution is -2.23. The molecule has 3 rings (SSSR count). The van der Waals surface area contributed by atoms with Gasteiger partial charge >= 0.3 is 0 Å². The zero-order valence-electron chi connectivity index (χ0n) is 21.4. The van der Waals surface area contributed by atoms with Crippen LogP contribution >= 0.6 is 0 Å². The Morgan fingerprint density at radius 1 is 1.09 bits per heavy atom. The number of aryl methyl sites for hydroxylation is 1. The Kier molecular flexibility index (Phi) is 9.20. The zero-order chi connectivity index (χ0) is 25.4. The van der Waals surface area contributed by atoms with E-state index in [0.717, 1.165) is 45.2 Å². The number of ether oxygens (including phenoxy) is 4. The molecule has 7 heteroatoms. The van der Waals surface area contributed by atoms with Gasteiger partial charge in [-0.3, -0.25) is 4.79 Å². The van der Waals surface area contributed by atoms with E-state index in [4.69, 9.17) is 23.4 Å². The van der Waals surface area contributed by atoms with Gasteiger partial charge in [0.25, 0.3) is 0 Å². The van der Waals surface area contributed by atoms with Crippen molar-refractivity contribution >= 4 is 22.4 Å². The average Bonchev–Trinajstić information content (AvgIpc) is 3.29. The van der Waals surface area contributed by atoms with Crippen molar-refractivity contribution in [3.05, 3.63) is 47.7 Å². The lowest BCUT2D eigenvalue weighted by molar-refractivity contribution is -0.116. The summed E-state index contributed by atoms with van der Waals surface area (Å²) in [4.78, 5) is 12.5. The Bertz CT molecular complexity index is 1190. The average molecular weight is 482 g/mol. The minimum Gasteiger partial charge on any atom is -0.493 e. The molecule has 0 spiro atoms. The maximum absolute atomic E-state index is 12.5. The quantitative estimate of drug-likeness (QED) is 0.261. The van der Waals surface area contributed by atoms with Crippen LogP contribution in [-0.2, 0) is 9.53 Å². The molecule has 7 nitrogen and oxygen atoms in total. The summed E-state index contributed by atoms with van der Waals surface area (Å²) in [6.07, 6.45) is 4.12. The molecular formula is C28H35NO6.